The zero-order valence-electron chi connectivity index (χ0n) is 14.1. The van der Waals surface area contributed by atoms with E-state index in [1.54, 1.807) is 6.07 Å². The number of aliphatic hydroxyl groups excluding tert-OH is 1. The number of aryl methyl sites for hydroxylation is 2. The van der Waals surface area contributed by atoms with Crippen molar-refractivity contribution in [2.24, 2.45) is 0 Å². The number of nitrogens with one attached hydrogen (secondary N) is 1. The third-order valence-electron chi connectivity index (χ3n) is 4.49. The molecule has 6 heteroatoms. The molecule has 2 rings (SSSR count). The molecule has 0 saturated carbocycles. The number of rotatable bonds is 8. The van der Waals surface area contributed by atoms with Crippen LogP contribution in [0.2, 0.25) is 0 Å². The second-order valence-corrected chi connectivity index (χ2v) is 8.12. The lowest BCUT2D eigenvalue weighted by atomic mass is 10.2. The van der Waals surface area contributed by atoms with E-state index in [-0.39, 0.29) is 6.61 Å². The van der Waals surface area contributed by atoms with Crippen LogP contribution in [0.15, 0.2) is 23.1 Å². The Kier molecular flexibility index (Phi) is 6.59. The van der Waals surface area contributed by atoms with Crippen LogP contribution in [0.5, 0.6) is 0 Å². The quantitative estimate of drug-likeness (QED) is 0.708. The molecule has 23 heavy (non-hydrogen) atoms. The molecule has 5 nitrogen and oxygen atoms in total. The maximum Gasteiger partial charge on any atom is 0.240 e. The van der Waals surface area contributed by atoms with Gasteiger partial charge in [-0.15, -0.1) is 0 Å². The number of nitrogens with zero attached hydrogens (tertiary/aromatic N) is 1. The van der Waals surface area contributed by atoms with Gasteiger partial charge in [-0.1, -0.05) is 17.7 Å². The molecule has 0 amide bonds. The van der Waals surface area contributed by atoms with Gasteiger partial charge in [0.05, 0.1) is 11.5 Å². The maximum atomic E-state index is 12.3. The largest absolute Gasteiger partial charge is 0.395 e. The molecule has 2 N–H and O–H groups in total. The van der Waals surface area contributed by atoms with Gasteiger partial charge in [-0.3, -0.25) is 4.90 Å². The van der Waals surface area contributed by atoms with Gasteiger partial charge in [-0.05, 0) is 64.3 Å². The average molecular weight is 340 g/mol. The Labute approximate surface area is 139 Å². The standard InChI is InChI=1S/C17H28N2O3S/c1-14-7-8-17(15(2)12-14)23(21,22)18-9-3-4-10-19-11-5-6-16(19)13-20/h7-8,12,16,18,20H,3-6,9-11,13H2,1-2H3. The molecule has 1 aromatic rings. The van der Waals surface area contributed by atoms with Gasteiger partial charge in [0.15, 0.2) is 0 Å². The van der Waals surface area contributed by atoms with E-state index in [1.165, 1.54) is 0 Å². The van der Waals surface area contributed by atoms with E-state index in [0.717, 1.165) is 49.9 Å². The topological polar surface area (TPSA) is 69.6 Å². The van der Waals surface area contributed by atoms with Crippen molar-refractivity contribution in [1.82, 2.24) is 9.62 Å². The van der Waals surface area contributed by atoms with E-state index in [4.69, 9.17) is 0 Å². The summed E-state index contributed by atoms with van der Waals surface area (Å²) in [6.07, 6.45) is 3.95. The highest BCUT2D eigenvalue weighted by Crippen LogP contribution is 2.18. The fourth-order valence-electron chi connectivity index (χ4n) is 3.22. The van der Waals surface area contributed by atoms with Crippen molar-refractivity contribution >= 4 is 10.0 Å². The number of unbranched alkanes of at least 4 members (excludes halogenated alkanes) is 1. The predicted molar refractivity (Wildman–Crippen MR) is 92.0 cm³/mol. The highest BCUT2D eigenvalue weighted by molar-refractivity contribution is 7.89. The molecule has 1 unspecified atom stereocenters. The molecule has 1 heterocycles. The van der Waals surface area contributed by atoms with Crippen LogP contribution < -0.4 is 4.72 Å². The fourth-order valence-corrected chi connectivity index (χ4v) is 4.52. The van der Waals surface area contributed by atoms with E-state index < -0.39 is 10.0 Å². The van der Waals surface area contributed by atoms with Gasteiger partial charge in [0.2, 0.25) is 10.0 Å². The SMILES string of the molecule is Cc1ccc(S(=O)(=O)NCCCCN2CCCC2CO)c(C)c1. The molecule has 1 atom stereocenters. The van der Waals surface area contributed by atoms with Crippen molar-refractivity contribution in [3.63, 3.8) is 0 Å². The van der Waals surface area contributed by atoms with Crippen LogP contribution in [0.1, 0.15) is 36.8 Å². The molecular formula is C17H28N2O3S. The Hall–Kier alpha value is -0.950. The van der Waals surface area contributed by atoms with E-state index in [2.05, 4.69) is 9.62 Å². The van der Waals surface area contributed by atoms with Crippen molar-refractivity contribution in [1.29, 1.82) is 0 Å². The molecule has 1 aliphatic heterocycles. The molecule has 0 aliphatic carbocycles. The van der Waals surface area contributed by atoms with E-state index >= 15 is 0 Å². The van der Waals surface area contributed by atoms with E-state index in [9.17, 15) is 13.5 Å². The molecule has 1 fully saturated rings. The summed E-state index contributed by atoms with van der Waals surface area (Å²) in [5.74, 6) is 0. The van der Waals surface area contributed by atoms with Gasteiger partial charge >= 0.3 is 0 Å². The summed E-state index contributed by atoms with van der Waals surface area (Å²) >= 11 is 0. The van der Waals surface area contributed by atoms with Crippen molar-refractivity contribution in [2.45, 2.75) is 50.5 Å². The maximum absolute atomic E-state index is 12.3. The summed E-state index contributed by atoms with van der Waals surface area (Å²) in [5.41, 5.74) is 1.84. The van der Waals surface area contributed by atoms with E-state index in [0.29, 0.717) is 17.5 Å². The monoisotopic (exact) mass is 340 g/mol. The zero-order chi connectivity index (χ0) is 16.9. The number of hydrogen-bond acceptors (Lipinski definition) is 4. The van der Waals surface area contributed by atoms with Crippen LogP contribution in [0.3, 0.4) is 0 Å². The minimum Gasteiger partial charge on any atom is -0.395 e. The van der Waals surface area contributed by atoms with Crippen LogP contribution in [-0.2, 0) is 10.0 Å². The lowest BCUT2D eigenvalue weighted by Crippen LogP contribution is -2.33. The second-order valence-electron chi connectivity index (χ2n) is 6.39. The Bertz CT molecular complexity index is 616. The first-order valence-electron chi connectivity index (χ1n) is 8.36. The van der Waals surface area contributed by atoms with Crippen molar-refractivity contribution in [2.75, 3.05) is 26.2 Å². The third-order valence-corrected chi connectivity index (χ3v) is 6.12. The smallest absolute Gasteiger partial charge is 0.240 e. The Morgan fingerprint density at radius 1 is 1.30 bits per heavy atom. The Morgan fingerprint density at radius 2 is 2.09 bits per heavy atom. The van der Waals surface area contributed by atoms with Crippen LogP contribution >= 0.6 is 0 Å². The van der Waals surface area contributed by atoms with Crippen molar-refractivity contribution in [3.8, 4) is 0 Å². The first-order chi connectivity index (χ1) is 10.9. The second kappa shape index (κ2) is 8.24. The van der Waals surface area contributed by atoms with E-state index in [1.807, 2.05) is 26.0 Å². The van der Waals surface area contributed by atoms with Gasteiger partial charge in [0.1, 0.15) is 0 Å². The summed E-state index contributed by atoms with van der Waals surface area (Å²) in [4.78, 5) is 2.67. The minimum absolute atomic E-state index is 0.222. The van der Waals surface area contributed by atoms with Gasteiger partial charge in [0, 0.05) is 12.6 Å². The zero-order valence-corrected chi connectivity index (χ0v) is 14.9. The summed E-state index contributed by atoms with van der Waals surface area (Å²) in [6, 6.07) is 5.67. The van der Waals surface area contributed by atoms with Crippen molar-refractivity contribution < 1.29 is 13.5 Å². The lowest BCUT2D eigenvalue weighted by Gasteiger charge is -2.22. The predicted octanol–water partition coefficient (Wildman–Crippen LogP) is 1.82. The number of aliphatic hydroxyl groups is 1. The van der Waals surface area contributed by atoms with Gasteiger partial charge < -0.3 is 5.11 Å². The molecule has 0 bridgehead atoms. The minimum atomic E-state index is -3.43. The van der Waals surface area contributed by atoms with Crippen molar-refractivity contribution in [3.05, 3.63) is 29.3 Å². The molecule has 1 saturated heterocycles. The highest BCUT2D eigenvalue weighted by atomic mass is 32.2. The fraction of sp³-hybridized carbons (Fsp3) is 0.647. The first-order valence-corrected chi connectivity index (χ1v) is 9.84. The number of hydrogen-bond donors (Lipinski definition) is 2. The van der Waals surface area contributed by atoms with Crippen LogP contribution in [-0.4, -0.2) is 50.7 Å². The summed E-state index contributed by atoms with van der Waals surface area (Å²) in [5, 5.41) is 9.28. The third kappa shape index (κ3) is 5.01. The number of likely N-dealkylation sites (tertiary alicyclic amines) is 1. The van der Waals surface area contributed by atoms with Gasteiger partial charge in [-0.25, -0.2) is 13.1 Å². The highest BCUT2D eigenvalue weighted by Gasteiger charge is 2.22. The molecule has 1 aliphatic rings. The van der Waals surface area contributed by atoms with Gasteiger partial charge in [-0.2, -0.15) is 0 Å². The molecule has 130 valence electrons. The molecule has 0 aromatic heterocycles. The molecule has 0 radical (unpaired) electrons. The number of benzene rings is 1. The summed E-state index contributed by atoms with van der Waals surface area (Å²) < 4.78 is 27.3. The Morgan fingerprint density at radius 3 is 2.78 bits per heavy atom. The van der Waals surface area contributed by atoms with Gasteiger partial charge in [0.25, 0.3) is 0 Å². The molecular weight excluding hydrogens is 312 g/mol. The van der Waals surface area contributed by atoms with Crippen LogP contribution in [0.25, 0.3) is 0 Å². The normalized spacial score (nSPS) is 19.3. The van der Waals surface area contributed by atoms with Crippen LogP contribution in [0, 0.1) is 13.8 Å². The first kappa shape index (κ1) is 18.4. The summed E-state index contributed by atoms with van der Waals surface area (Å²) in [6.45, 7) is 6.42. The lowest BCUT2D eigenvalue weighted by molar-refractivity contribution is 0.157. The Balaban J connectivity index is 1.77. The van der Waals surface area contributed by atoms with Crippen LogP contribution in [0.4, 0.5) is 0 Å². The molecule has 0 spiro atoms. The number of sulfonamides is 1. The summed E-state index contributed by atoms with van der Waals surface area (Å²) in [7, 11) is -3.43. The average Bonchev–Trinajstić information content (AvgIpc) is 2.93. The molecule has 1 aromatic carbocycles.